The van der Waals surface area contributed by atoms with Gasteiger partial charge in [-0.25, -0.2) is 19.1 Å². The fourth-order valence-corrected chi connectivity index (χ4v) is 8.21. The highest BCUT2D eigenvalue weighted by Crippen LogP contribution is 2.51. The quantitative estimate of drug-likeness (QED) is 0.182. The number of rotatable bonds is 7. The SMILES string of the molecule is [C-]#[N+]c1c(C(=O)OC2C(C(C)(C)C)CC(C)CC2C(C)(C)C)c2nc(C3CCC(C(C)(C)C)CC3)[nH]n2c1OCON1CCOCC1. The summed E-state index contributed by atoms with van der Waals surface area (Å²) >= 11 is 0. The molecule has 2 atom stereocenters. The van der Waals surface area contributed by atoms with Crippen LogP contribution >= 0.6 is 0 Å². The molecule has 1 aliphatic heterocycles. The Labute approximate surface area is 282 Å². The first kappa shape index (κ1) is 35.7. The molecule has 3 fully saturated rings. The zero-order chi connectivity index (χ0) is 34.3. The van der Waals surface area contributed by atoms with Crippen LogP contribution in [0.2, 0.25) is 0 Å². The number of carbonyl (C=O) groups is 1. The van der Waals surface area contributed by atoms with Gasteiger partial charge in [-0.15, -0.1) is 0 Å². The molecule has 2 saturated carbocycles. The first-order valence-electron chi connectivity index (χ1n) is 17.8. The van der Waals surface area contributed by atoms with Crippen molar-refractivity contribution in [3.63, 3.8) is 0 Å². The van der Waals surface area contributed by atoms with Gasteiger partial charge in [-0.3, -0.25) is 9.94 Å². The molecule has 3 heterocycles. The maximum Gasteiger partial charge on any atom is 0.331 e. The van der Waals surface area contributed by atoms with Crippen molar-refractivity contribution in [3.8, 4) is 5.88 Å². The van der Waals surface area contributed by atoms with Crippen molar-refractivity contribution in [2.24, 2.45) is 39.9 Å². The molecule has 3 aliphatic rings. The van der Waals surface area contributed by atoms with Crippen molar-refractivity contribution in [1.29, 1.82) is 0 Å². The molecule has 5 rings (SSSR count). The lowest BCUT2D eigenvalue weighted by atomic mass is 9.59. The molecule has 2 aliphatic carbocycles. The zero-order valence-electron chi connectivity index (χ0n) is 30.6. The molecule has 262 valence electrons. The second-order valence-corrected chi connectivity index (χ2v) is 17.6. The lowest BCUT2D eigenvalue weighted by Gasteiger charge is -2.50. The van der Waals surface area contributed by atoms with E-state index in [1.165, 1.54) is 0 Å². The van der Waals surface area contributed by atoms with Gasteiger partial charge in [0, 0.05) is 30.8 Å². The van der Waals surface area contributed by atoms with E-state index in [0.29, 0.717) is 43.8 Å². The van der Waals surface area contributed by atoms with Gasteiger partial charge in [-0.05, 0) is 66.6 Å². The van der Waals surface area contributed by atoms with Gasteiger partial charge in [0.15, 0.2) is 5.65 Å². The van der Waals surface area contributed by atoms with Gasteiger partial charge in [0.25, 0.3) is 5.69 Å². The molecule has 2 aromatic heterocycles. The number of morpholine rings is 1. The summed E-state index contributed by atoms with van der Waals surface area (Å²) in [4.78, 5) is 29.2. The Morgan fingerprint density at radius 3 is 2.09 bits per heavy atom. The molecule has 0 aromatic carbocycles. The van der Waals surface area contributed by atoms with E-state index in [1.54, 1.807) is 9.58 Å². The predicted octanol–water partition coefficient (Wildman–Crippen LogP) is 8.41. The van der Waals surface area contributed by atoms with Crippen molar-refractivity contribution in [2.45, 2.75) is 120 Å². The number of esters is 1. The summed E-state index contributed by atoms with van der Waals surface area (Å²) in [7, 11) is 0. The van der Waals surface area contributed by atoms with Crippen molar-refractivity contribution in [3.05, 3.63) is 22.8 Å². The number of aromatic nitrogens is 3. The first-order chi connectivity index (χ1) is 22.0. The van der Waals surface area contributed by atoms with E-state index in [2.05, 4.69) is 79.2 Å². The van der Waals surface area contributed by atoms with Crippen LogP contribution in [0.15, 0.2) is 0 Å². The summed E-state index contributed by atoms with van der Waals surface area (Å²) < 4.78 is 19.9. The van der Waals surface area contributed by atoms with E-state index in [-0.39, 0.29) is 64.0 Å². The van der Waals surface area contributed by atoms with Gasteiger partial charge in [0.2, 0.25) is 12.7 Å². The predicted molar refractivity (Wildman–Crippen MR) is 182 cm³/mol. The van der Waals surface area contributed by atoms with Crippen LogP contribution in [-0.2, 0) is 14.3 Å². The second kappa shape index (κ2) is 13.7. The number of nitrogens with one attached hydrogen (secondary N) is 1. The van der Waals surface area contributed by atoms with Crippen LogP contribution in [0.25, 0.3) is 10.5 Å². The zero-order valence-corrected chi connectivity index (χ0v) is 30.6. The highest BCUT2D eigenvalue weighted by Gasteiger charge is 2.48. The van der Waals surface area contributed by atoms with Crippen LogP contribution in [-0.4, -0.2) is 64.8 Å². The maximum absolute atomic E-state index is 14.5. The number of ether oxygens (including phenoxy) is 3. The molecular weight excluding hydrogens is 594 g/mol. The number of hydroxylamine groups is 2. The Hall–Kier alpha value is -2.61. The highest BCUT2D eigenvalue weighted by molar-refractivity contribution is 6.04. The van der Waals surface area contributed by atoms with Crippen LogP contribution in [0.5, 0.6) is 5.88 Å². The first-order valence-corrected chi connectivity index (χ1v) is 17.8. The van der Waals surface area contributed by atoms with Crippen molar-refractivity contribution >= 4 is 17.3 Å². The van der Waals surface area contributed by atoms with Crippen molar-refractivity contribution in [2.75, 3.05) is 33.1 Å². The highest BCUT2D eigenvalue weighted by atomic mass is 16.8. The number of hydrogen-bond acceptors (Lipinski definition) is 7. The van der Waals surface area contributed by atoms with E-state index in [4.69, 9.17) is 30.6 Å². The van der Waals surface area contributed by atoms with E-state index in [1.807, 2.05) is 0 Å². The van der Waals surface area contributed by atoms with E-state index in [9.17, 15) is 4.79 Å². The number of H-pyrrole nitrogens is 1. The minimum Gasteiger partial charge on any atom is -0.459 e. The summed E-state index contributed by atoms with van der Waals surface area (Å²) in [5, 5.41) is 5.24. The number of nitrogens with zero attached hydrogens (tertiary/aromatic N) is 4. The Morgan fingerprint density at radius 2 is 1.55 bits per heavy atom. The Balaban J connectivity index is 1.50. The van der Waals surface area contributed by atoms with Gasteiger partial charge in [-0.2, -0.15) is 5.06 Å². The number of aromatic amines is 1. The second-order valence-electron chi connectivity index (χ2n) is 17.6. The Morgan fingerprint density at radius 1 is 0.957 bits per heavy atom. The summed E-state index contributed by atoms with van der Waals surface area (Å²) in [6, 6.07) is 0. The van der Waals surface area contributed by atoms with Crippen LogP contribution in [0.1, 0.15) is 130 Å². The molecule has 0 bridgehead atoms. The molecular formula is C37H59N5O5. The van der Waals surface area contributed by atoms with Gasteiger partial charge in [-0.1, -0.05) is 69.2 Å². The Kier molecular flexibility index (Phi) is 10.4. The topological polar surface area (TPSA) is 94.7 Å². The maximum atomic E-state index is 14.5. The number of hydrogen-bond donors (Lipinski definition) is 1. The molecule has 1 saturated heterocycles. The summed E-state index contributed by atoms with van der Waals surface area (Å²) in [5.74, 6) is 2.35. The molecule has 0 amide bonds. The fourth-order valence-electron chi connectivity index (χ4n) is 8.21. The van der Waals surface area contributed by atoms with Crippen molar-refractivity contribution in [1.82, 2.24) is 19.7 Å². The van der Waals surface area contributed by atoms with E-state index >= 15 is 0 Å². The van der Waals surface area contributed by atoms with E-state index in [0.717, 1.165) is 44.3 Å². The van der Waals surface area contributed by atoms with Gasteiger partial charge >= 0.3 is 5.97 Å². The summed E-state index contributed by atoms with van der Waals surface area (Å²) in [6.45, 7) is 33.3. The van der Waals surface area contributed by atoms with Crippen LogP contribution in [0.4, 0.5) is 5.69 Å². The normalized spacial score (nSPS) is 28.3. The third-order valence-electron chi connectivity index (χ3n) is 11.2. The molecule has 10 nitrogen and oxygen atoms in total. The summed E-state index contributed by atoms with van der Waals surface area (Å²) in [6.07, 6.45) is 6.00. The molecule has 2 aromatic rings. The molecule has 1 N–H and O–H groups in total. The monoisotopic (exact) mass is 653 g/mol. The van der Waals surface area contributed by atoms with Gasteiger partial charge < -0.3 is 14.2 Å². The fraction of sp³-hybridized carbons (Fsp3) is 0.811. The molecule has 0 radical (unpaired) electrons. The average Bonchev–Trinajstić information content (AvgIpc) is 3.54. The van der Waals surface area contributed by atoms with Crippen LogP contribution < -0.4 is 4.74 Å². The standard InChI is InChI=1S/C37H59N5O5/c1-23-20-26(36(5,6)7)30(27(21-23)37(8,9)10)47-34(43)28-29(38-11)33(45-22-46-41-16-18-44-19-17-41)42-32(28)39-31(40-42)24-12-14-25(15-13-24)35(2,3)4/h23-27,30H,12-22H2,1-10H3,(H,39,40). The lowest BCUT2D eigenvalue weighted by Crippen LogP contribution is -2.49. The van der Waals surface area contributed by atoms with Gasteiger partial charge in [0.05, 0.1) is 19.8 Å². The van der Waals surface area contributed by atoms with Crippen LogP contribution in [0, 0.1) is 46.5 Å². The minimum atomic E-state index is -0.505. The Bertz CT molecular complexity index is 1400. The molecule has 10 heteroatoms. The summed E-state index contributed by atoms with van der Waals surface area (Å²) in [5.41, 5.74) is 0.824. The minimum absolute atomic E-state index is 0.0572. The van der Waals surface area contributed by atoms with E-state index < -0.39 is 5.97 Å². The van der Waals surface area contributed by atoms with Gasteiger partial charge in [0.1, 0.15) is 17.5 Å². The number of fused-ring (bicyclic) bond motifs is 1. The van der Waals surface area contributed by atoms with Crippen LogP contribution in [0.3, 0.4) is 0 Å². The molecule has 0 spiro atoms. The van der Waals surface area contributed by atoms with Crippen molar-refractivity contribution < 1.29 is 23.8 Å². The average molecular weight is 654 g/mol. The number of carbonyl (C=O) groups excluding carboxylic acids is 1. The molecule has 2 unspecified atom stereocenters. The lowest BCUT2D eigenvalue weighted by molar-refractivity contribution is -0.227. The third kappa shape index (κ3) is 7.84. The largest absolute Gasteiger partial charge is 0.459 e. The third-order valence-corrected chi connectivity index (χ3v) is 11.2. The smallest absolute Gasteiger partial charge is 0.331 e. The molecule has 47 heavy (non-hydrogen) atoms.